The number of carboxylic acids is 1. The summed E-state index contributed by atoms with van der Waals surface area (Å²) in [6, 6.07) is 10.3. The first kappa shape index (κ1) is 18.5. The van der Waals surface area contributed by atoms with Crippen LogP contribution in [0.3, 0.4) is 0 Å². The molecule has 0 radical (unpaired) electrons. The Balaban J connectivity index is 2.08. The summed E-state index contributed by atoms with van der Waals surface area (Å²) in [6.45, 7) is 3.91. The predicted molar refractivity (Wildman–Crippen MR) is 94.2 cm³/mol. The Morgan fingerprint density at radius 1 is 1.12 bits per heavy atom. The molecule has 25 heavy (non-hydrogen) atoms. The molecule has 2 aromatic carbocycles. The summed E-state index contributed by atoms with van der Waals surface area (Å²) in [5.41, 5.74) is 3.03. The molecule has 0 aliphatic heterocycles. The number of benzene rings is 2. The van der Waals surface area contributed by atoms with Crippen molar-refractivity contribution in [1.82, 2.24) is 0 Å². The molecule has 2 aromatic rings. The molecule has 0 saturated heterocycles. The van der Waals surface area contributed by atoms with Crippen molar-refractivity contribution in [2.75, 3.05) is 19.0 Å². The molecule has 0 atom stereocenters. The van der Waals surface area contributed by atoms with Gasteiger partial charge in [-0.3, -0.25) is 4.79 Å². The molecule has 6 heteroatoms. The third-order valence-electron chi connectivity index (χ3n) is 3.59. The van der Waals surface area contributed by atoms with E-state index in [2.05, 4.69) is 5.32 Å². The number of hydrogen-bond acceptors (Lipinski definition) is 4. The number of carboxylic acid groups (broad SMARTS) is 1. The van der Waals surface area contributed by atoms with E-state index in [1.54, 1.807) is 6.07 Å². The van der Waals surface area contributed by atoms with Gasteiger partial charge in [-0.25, -0.2) is 4.79 Å². The smallest absolute Gasteiger partial charge is 0.335 e. The number of carbonyl (C=O) groups excluding carboxylic acids is 1. The van der Waals surface area contributed by atoms with Crippen molar-refractivity contribution in [1.29, 1.82) is 0 Å². The standard InChI is InChI=1S/C19H21NO5/c1-12-5-4-6-13(2)18(12)25-11-17(21)20-16-8-14(10-24-3)7-15(9-16)19(22)23/h4-9H,10-11H2,1-3H3,(H,20,21)(H,22,23). The number of rotatable bonds is 7. The number of aryl methyl sites for hydroxylation is 2. The minimum absolute atomic E-state index is 0.0838. The van der Waals surface area contributed by atoms with Gasteiger partial charge in [0, 0.05) is 12.8 Å². The quantitative estimate of drug-likeness (QED) is 0.806. The second-order valence-corrected chi connectivity index (χ2v) is 5.71. The largest absolute Gasteiger partial charge is 0.483 e. The normalized spacial score (nSPS) is 10.4. The Hall–Kier alpha value is -2.86. The number of aromatic carboxylic acids is 1. The number of nitrogens with one attached hydrogen (secondary N) is 1. The predicted octanol–water partition coefficient (Wildman–Crippen LogP) is 3.17. The van der Waals surface area contributed by atoms with Gasteiger partial charge in [-0.2, -0.15) is 0 Å². The number of carbonyl (C=O) groups is 2. The zero-order valence-electron chi connectivity index (χ0n) is 14.5. The Morgan fingerprint density at radius 3 is 2.40 bits per heavy atom. The summed E-state index contributed by atoms with van der Waals surface area (Å²) >= 11 is 0. The second-order valence-electron chi connectivity index (χ2n) is 5.71. The zero-order chi connectivity index (χ0) is 18.4. The number of methoxy groups -OCH3 is 1. The van der Waals surface area contributed by atoms with Crippen LogP contribution in [0.1, 0.15) is 27.0 Å². The van der Waals surface area contributed by atoms with E-state index in [4.69, 9.17) is 9.47 Å². The number of anilines is 1. The molecule has 0 heterocycles. The third kappa shape index (κ3) is 5.06. The van der Waals surface area contributed by atoms with E-state index < -0.39 is 5.97 Å². The maximum atomic E-state index is 12.1. The van der Waals surface area contributed by atoms with Crippen LogP contribution in [0.15, 0.2) is 36.4 Å². The lowest BCUT2D eigenvalue weighted by molar-refractivity contribution is -0.118. The monoisotopic (exact) mass is 343 g/mol. The first-order valence-electron chi connectivity index (χ1n) is 7.75. The summed E-state index contributed by atoms with van der Waals surface area (Å²) in [5, 5.41) is 11.8. The number of amides is 1. The molecule has 0 fully saturated rings. The van der Waals surface area contributed by atoms with Gasteiger partial charge in [-0.05, 0) is 48.7 Å². The Morgan fingerprint density at radius 2 is 1.80 bits per heavy atom. The van der Waals surface area contributed by atoms with Crippen LogP contribution in [0.4, 0.5) is 5.69 Å². The summed E-state index contributed by atoms with van der Waals surface area (Å²) < 4.78 is 10.6. The van der Waals surface area contributed by atoms with E-state index in [-0.39, 0.29) is 24.7 Å². The van der Waals surface area contributed by atoms with E-state index >= 15 is 0 Å². The Bertz CT molecular complexity index is 765. The lowest BCUT2D eigenvalue weighted by Gasteiger charge is -2.13. The van der Waals surface area contributed by atoms with Crippen LogP contribution in [0.25, 0.3) is 0 Å². The van der Waals surface area contributed by atoms with Crippen LogP contribution in [0.2, 0.25) is 0 Å². The van der Waals surface area contributed by atoms with Gasteiger partial charge in [0.1, 0.15) is 5.75 Å². The number of ether oxygens (including phenoxy) is 2. The number of hydrogen-bond donors (Lipinski definition) is 2. The maximum absolute atomic E-state index is 12.1. The molecule has 2 rings (SSSR count). The highest BCUT2D eigenvalue weighted by atomic mass is 16.5. The molecular formula is C19H21NO5. The minimum Gasteiger partial charge on any atom is -0.483 e. The van der Waals surface area contributed by atoms with Crippen LogP contribution in [0, 0.1) is 13.8 Å². The van der Waals surface area contributed by atoms with Crippen molar-refractivity contribution in [2.24, 2.45) is 0 Å². The first-order chi connectivity index (χ1) is 11.9. The maximum Gasteiger partial charge on any atom is 0.335 e. The van der Waals surface area contributed by atoms with Gasteiger partial charge in [0.25, 0.3) is 5.91 Å². The molecule has 132 valence electrons. The fourth-order valence-electron chi connectivity index (χ4n) is 2.50. The van der Waals surface area contributed by atoms with Gasteiger partial charge in [0.15, 0.2) is 6.61 Å². The SMILES string of the molecule is COCc1cc(NC(=O)COc2c(C)cccc2C)cc(C(=O)O)c1. The van der Waals surface area contributed by atoms with Gasteiger partial charge < -0.3 is 19.9 Å². The summed E-state index contributed by atoms with van der Waals surface area (Å²) in [4.78, 5) is 23.3. The molecule has 6 nitrogen and oxygen atoms in total. The summed E-state index contributed by atoms with van der Waals surface area (Å²) in [7, 11) is 1.52. The average Bonchev–Trinajstić information content (AvgIpc) is 2.54. The molecule has 1 amide bonds. The topological polar surface area (TPSA) is 84.9 Å². The molecule has 2 N–H and O–H groups in total. The Kier molecular flexibility index (Phi) is 6.14. The van der Waals surface area contributed by atoms with E-state index in [1.165, 1.54) is 19.2 Å². The molecule has 0 bridgehead atoms. The van der Waals surface area contributed by atoms with Crippen molar-refractivity contribution < 1.29 is 24.2 Å². The summed E-state index contributed by atoms with van der Waals surface area (Å²) in [5.74, 6) is -0.759. The molecule has 0 saturated carbocycles. The summed E-state index contributed by atoms with van der Waals surface area (Å²) in [6.07, 6.45) is 0. The van der Waals surface area contributed by atoms with Crippen LogP contribution in [-0.4, -0.2) is 30.7 Å². The highest BCUT2D eigenvalue weighted by Gasteiger charge is 2.11. The zero-order valence-corrected chi connectivity index (χ0v) is 14.5. The molecule has 0 aromatic heterocycles. The average molecular weight is 343 g/mol. The van der Waals surface area contributed by atoms with Crippen LogP contribution >= 0.6 is 0 Å². The van der Waals surface area contributed by atoms with Crippen molar-refractivity contribution in [3.63, 3.8) is 0 Å². The van der Waals surface area contributed by atoms with Gasteiger partial charge in [0.2, 0.25) is 0 Å². The molecule has 0 aliphatic carbocycles. The van der Waals surface area contributed by atoms with Crippen LogP contribution in [0.5, 0.6) is 5.75 Å². The lowest BCUT2D eigenvalue weighted by atomic mass is 10.1. The molecule has 0 unspecified atom stereocenters. The fraction of sp³-hybridized carbons (Fsp3) is 0.263. The molecule has 0 aliphatic rings. The van der Waals surface area contributed by atoms with E-state index in [0.29, 0.717) is 17.0 Å². The van der Waals surface area contributed by atoms with E-state index in [0.717, 1.165) is 11.1 Å². The highest BCUT2D eigenvalue weighted by Crippen LogP contribution is 2.22. The van der Waals surface area contributed by atoms with Gasteiger partial charge in [0.05, 0.1) is 12.2 Å². The van der Waals surface area contributed by atoms with Gasteiger partial charge >= 0.3 is 5.97 Å². The van der Waals surface area contributed by atoms with Crippen molar-refractivity contribution >= 4 is 17.6 Å². The minimum atomic E-state index is -1.07. The fourth-order valence-corrected chi connectivity index (χ4v) is 2.50. The first-order valence-corrected chi connectivity index (χ1v) is 7.75. The second kappa shape index (κ2) is 8.30. The van der Waals surface area contributed by atoms with E-state index in [1.807, 2.05) is 32.0 Å². The molecular weight excluding hydrogens is 322 g/mol. The Labute approximate surface area is 146 Å². The van der Waals surface area contributed by atoms with Crippen molar-refractivity contribution in [2.45, 2.75) is 20.5 Å². The van der Waals surface area contributed by atoms with Gasteiger partial charge in [-0.15, -0.1) is 0 Å². The van der Waals surface area contributed by atoms with Crippen LogP contribution in [-0.2, 0) is 16.1 Å². The molecule has 0 spiro atoms. The van der Waals surface area contributed by atoms with Crippen LogP contribution < -0.4 is 10.1 Å². The third-order valence-corrected chi connectivity index (χ3v) is 3.59. The lowest BCUT2D eigenvalue weighted by Crippen LogP contribution is -2.21. The van der Waals surface area contributed by atoms with Crippen molar-refractivity contribution in [3.05, 3.63) is 58.7 Å². The van der Waals surface area contributed by atoms with E-state index in [9.17, 15) is 14.7 Å². The number of para-hydroxylation sites is 1. The highest BCUT2D eigenvalue weighted by molar-refractivity contribution is 5.94. The van der Waals surface area contributed by atoms with Crippen molar-refractivity contribution in [3.8, 4) is 5.75 Å². The van der Waals surface area contributed by atoms with Gasteiger partial charge in [-0.1, -0.05) is 18.2 Å².